The predicted octanol–water partition coefficient (Wildman–Crippen LogP) is 1.44. The second-order valence-corrected chi connectivity index (χ2v) is 6.21. The molecule has 0 saturated carbocycles. The molecule has 1 aromatic rings. The highest BCUT2D eigenvalue weighted by atomic mass is 16.2. The van der Waals surface area contributed by atoms with Crippen molar-refractivity contribution < 1.29 is 4.79 Å². The van der Waals surface area contributed by atoms with Gasteiger partial charge in [-0.2, -0.15) is 4.98 Å². The first-order valence-corrected chi connectivity index (χ1v) is 8.24. The first-order valence-electron chi connectivity index (χ1n) is 8.24. The normalized spacial score (nSPS) is 19.5. The third-order valence-corrected chi connectivity index (χ3v) is 4.52. The van der Waals surface area contributed by atoms with Gasteiger partial charge in [0.15, 0.2) is 0 Å². The molecule has 120 valence electrons. The number of piperazine rings is 1. The van der Waals surface area contributed by atoms with Gasteiger partial charge >= 0.3 is 0 Å². The zero-order valence-electron chi connectivity index (χ0n) is 13.6. The Morgan fingerprint density at radius 1 is 0.955 bits per heavy atom. The molecule has 22 heavy (non-hydrogen) atoms. The lowest BCUT2D eigenvalue weighted by Crippen LogP contribution is -2.48. The molecule has 0 unspecified atom stereocenters. The van der Waals surface area contributed by atoms with Crippen molar-refractivity contribution in [1.29, 1.82) is 0 Å². The van der Waals surface area contributed by atoms with E-state index in [2.05, 4.69) is 20.9 Å². The largest absolute Gasteiger partial charge is 0.353 e. The van der Waals surface area contributed by atoms with Gasteiger partial charge in [0.2, 0.25) is 11.9 Å². The number of amides is 1. The van der Waals surface area contributed by atoms with Crippen LogP contribution in [0.15, 0.2) is 6.07 Å². The summed E-state index contributed by atoms with van der Waals surface area (Å²) in [5.41, 5.74) is 1.01. The van der Waals surface area contributed by atoms with Gasteiger partial charge in [0.25, 0.3) is 0 Å². The Labute approximate surface area is 132 Å². The molecule has 0 atom stereocenters. The minimum Gasteiger partial charge on any atom is -0.353 e. The van der Waals surface area contributed by atoms with E-state index in [1.165, 1.54) is 19.3 Å². The number of carbonyl (C=O) groups is 1. The molecule has 1 aromatic heterocycles. The number of hydrogen-bond donors (Lipinski definition) is 0. The van der Waals surface area contributed by atoms with Crippen molar-refractivity contribution in [2.24, 2.45) is 0 Å². The Bertz CT molecular complexity index is 533. The van der Waals surface area contributed by atoms with Crippen molar-refractivity contribution in [3.05, 3.63) is 11.8 Å². The second kappa shape index (κ2) is 6.50. The monoisotopic (exact) mass is 303 g/mol. The minimum atomic E-state index is 0.160. The van der Waals surface area contributed by atoms with Crippen molar-refractivity contribution in [2.75, 3.05) is 49.1 Å². The van der Waals surface area contributed by atoms with Gasteiger partial charge in [0.1, 0.15) is 5.82 Å². The van der Waals surface area contributed by atoms with Gasteiger partial charge in [-0.3, -0.25) is 4.79 Å². The van der Waals surface area contributed by atoms with Crippen LogP contribution in [0.5, 0.6) is 0 Å². The van der Waals surface area contributed by atoms with Crippen LogP contribution in [0, 0.1) is 6.92 Å². The maximum atomic E-state index is 11.4. The van der Waals surface area contributed by atoms with Crippen LogP contribution < -0.4 is 9.80 Å². The molecule has 3 heterocycles. The Balaban J connectivity index is 1.74. The van der Waals surface area contributed by atoms with Crippen LogP contribution in [-0.2, 0) is 4.79 Å². The molecule has 0 aliphatic carbocycles. The topological polar surface area (TPSA) is 52.6 Å². The van der Waals surface area contributed by atoms with E-state index in [0.29, 0.717) is 0 Å². The number of nitrogens with zero attached hydrogens (tertiary/aromatic N) is 5. The lowest BCUT2D eigenvalue weighted by atomic mass is 10.1. The number of aryl methyl sites for hydroxylation is 1. The maximum Gasteiger partial charge on any atom is 0.227 e. The second-order valence-electron chi connectivity index (χ2n) is 6.21. The molecule has 2 saturated heterocycles. The van der Waals surface area contributed by atoms with Crippen LogP contribution in [-0.4, -0.2) is 60.0 Å². The van der Waals surface area contributed by atoms with E-state index in [9.17, 15) is 4.79 Å². The average Bonchev–Trinajstić information content (AvgIpc) is 2.55. The highest BCUT2D eigenvalue weighted by Crippen LogP contribution is 2.21. The zero-order chi connectivity index (χ0) is 15.5. The van der Waals surface area contributed by atoms with Crippen LogP contribution >= 0.6 is 0 Å². The summed E-state index contributed by atoms with van der Waals surface area (Å²) in [5.74, 6) is 2.02. The smallest absolute Gasteiger partial charge is 0.227 e. The fraction of sp³-hybridized carbons (Fsp3) is 0.688. The van der Waals surface area contributed by atoms with Gasteiger partial charge in [0, 0.05) is 58.0 Å². The van der Waals surface area contributed by atoms with Crippen molar-refractivity contribution in [1.82, 2.24) is 14.9 Å². The molecule has 1 amide bonds. The molecule has 0 bridgehead atoms. The molecular weight excluding hydrogens is 278 g/mol. The summed E-state index contributed by atoms with van der Waals surface area (Å²) in [4.78, 5) is 27.3. The summed E-state index contributed by atoms with van der Waals surface area (Å²) >= 11 is 0. The number of carbonyl (C=O) groups excluding carboxylic acids is 1. The molecule has 6 nitrogen and oxygen atoms in total. The predicted molar refractivity (Wildman–Crippen MR) is 87.3 cm³/mol. The Kier molecular flexibility index (Phi) is 4.45. The average molecular weight is 303 g/mol. The lowest BCUT2D eigenvalue weighted by Gasteiger charge is -2.35. The van der Waals surface area contributed by atoms with Gasteiger partial charge in [-0.25, -0.2) is 4.98 Å². The Morgan fingerprint density at radius 3 is 2.27 bits per heavy atom. The number of rotatable bonds is 2. The van der Waals surface area contributed by atoms with Crippen molar-refractivity contribution in [3.8, 4) is 0 Å². The number of piperidine rings is 1. The molecular formula is C16H25N5O. The summed E-state index contributed by atoms with van der Waals surface area (Å²) in [7, 11) is 0. The van der Waals surface area contributed by atoms with E-state index >= 15 is 0 Å². The van der Waals surface area contributed by atoms with Gasteiger partial charge in [-0.1, -0.05) is 0 Å². The third kappa shape index (κ3) is 3.31. The molecule has 0 spiro atoms. The first kappa shape index (κ1) is 15.1. The van der Waals surface area contributed by atoms with Crippen LogP contribution in [0.4, 0.5) is 11.8 Å². The van der Waals surface area contributed by atoms with E-state index in [1.807, 2.05) is 11.8 Å². The lowest BCUT2D eigenvalue weighted by molar-refractivity contribution is -0.129. The van der Waals surface area contributed by atoms with Gasteiger partial charge in [0.05, 0.1) is 0 Å². The summed E-state index contributed by atoms with van der Waals surface area (Å²) in [6, 6.07) is 2.05. The summed E-state index contributed by atoms with van der Waals surface area (Å²) in [6.07, 6.45) is 3.76. The maximum absolute atomic E-state index is 11.4. The molecule has 6 heteroatoms. The van der Waals surface area contributed by atoms with Crippen LogP contribution in [0.25, 0.3) is 0 Å². The van der Waals surface area contributed by atoms with Crippen LogP contribution in [0.1, 0.15) is 31.9 Å². The zero-order valence-corrected chi connectivity index (χ0v) is 13.6. The molecule has 2 fully saturated rings. The van der Waals surface area contributed by atoms with Crippen LogP contribution in [0.2, 0.25) is 0 Å². The van der Waals surface area contributed by atoms with Crippen molar-refractivity contribution in [3.63, 3.8) is 0 Å². The SMILES string of the molecule is CC(=O)N1CCN(c2cc(C)nc(N3CCCCC3)n2)CC1. The molecule has 0 radical (unpaired) electrons. The minimum absolute atomic E-state index is 0.160. The molecule has 3 rings (SSSR count). The van der Waals surface area contributed by atoms with Gasteiger partial charge < -0.3 is 14.7 Å². The number of anilines is 2. The van der Waals surface area contributed by atoms with E-state index in [0.717, 1.165) is 56.7 Å². The fourth-order valence-electron chi connectivity index (χ4n) is 3.18. The first-order chi connectivity index (χ1) is 10.6. The third-order valence-electron chi connectivity index (χ3n) is 4.52. The quantitative estimate of drug-likeness (QED) is 0.827. The standard InChI is InChI=1S/C16H25N5O/c1-13-12-15(20-10-8-19(9-11-20)14(2)22)18-16(17-13)21-6-4-3-5-7-21/h12H,3-11H2,1-2H3. The highest BCUT2D eigenvalue weighted by molar-refractivity contribution is 5.73. The summed E-state index contributed by atoms with van der Waals surface area (Å²) in [6.45, 7) is 9.02. The van der Waals surface area contributed by atoms with Crippen molar-refractivity contribution >= 4 is 17.7 Å². The molecule has 0 aromatic carbocycles. The van der Waals surface area contributed by atoms with Crippen molar-refractivity contribution in [2.45, 2.75) is 33.1 Å². The summed E-state index contributed by atoms with van der Waals surface area (Å²) < 4.78 is 0. The highest BCUT2D eigenvalue weighted by Gasteiger charge is 2.21. The van der Waals surface area contributed by atoms with Crippen LogP contribution in [0.3, 0.4) is 0 Å². The van der Waals surface area contributed by atoms with E-state index < -0.39 is 0 Å². The molecule has 2 aliphatic heterocycles. The fourth-order valence-corrected chi connectivity index (χ4v) is 3.18. The summed E-state index contributed by atoms with van der Waals surface area (Å²) in [5, 5.41) is 0. The number of aromatic nitrogens is 2. The Morgan fingerprint density at radius 2 is 1.64 bits per heavy atom. The Hall–Kier alpha value is -1.85. The van der Waals surface area contributed by atoms with E-state index in [1.54, 1.807) is 6.92 Å². The van der Waals surface area contributed by atoms with Gasteiger partial charge in [-0.15, -0.1) is 0 Å². The van der Waals surface area contributed by atoms with E-state index in [-0.39, 0.29) is 5.91 Å². The van der Waals surface area contributed by atoms with Gasteiger partial charge in [-0.05, 0) is 26.2 Å². The molecule has 0 N–H and O–H groups in total. The molecule has 2 aliphatic rings. The number of hydrogen-bond acceptors (Lipinski definition) is 5. The van der Waals surface area contributed by atoms with E-state index in [4.69, 9.17) is 4.98 Å².